The van der Waals surface area contributed by atoms with Crippen LogP contribution >= 0.6 is 0 Å². The third-order valence-corrected chi connectivity index (χ3v) is 3.95. The van der Waals surface area contributed by atoms with Gasteiger partial charge in [-0.15, -0.1) is 0 Å². The number of nitrogens with zero attached hydrogens (tertiary/aromatic N) is 2. The number of nitrogens with one attached hydrogen (secondary N) is 2. The van der Waals surface area contributed by atoms with Crippen LogP contribution in [0.3, 0.4) is 0 Å². The van der Waals surface area contributed by atoms with E-state index in [1.54, 1.807) is 13.1 Å². The van der Waals surface area contributed by atoms with Gasteiger partial charge in [0.1, 0.15) is 5.82 Å². The van der Waals surface area contributed by atoms with Gasteiger partial charge >= 0.3 is 0 Å². The predicted octanol–water partition coefficient (Wildman–Crippen LogP) is 1.83. The monoisotopic (exact) mass is 292 g/mol. The van der Waals surface area contributed by atoms with Crippen LogP contribution in [0.15, 0.2) is 29.3 Å². The molecule has 1 aromatic rings. The summed E-state index contributed by atoms with van der Waals surface area (Å²) >= 11 is 0. The highest BCUT2D eigenvalue weighted by atomic mass is 19.1. The molecule has 2 N–H and O–H groups in total. The molecule has 0 spiro atoms. The van der Waals surface area contributed by atoms with E-state index in [0.717, 1.165) is 31.2 Å². The Morgan fingerprint density at radius 2 is 2.29 bits per heavy atom. The van der Waals surface area contributed by atoms with Crippen molar-refractivity contribution in [1.29, 1.82) is 0 Å². The highest BCUT2D eigenvalue weighted by Gasteiger charge is 2.20. The van der Waals surface area contributed by atoms with Gasteiger partial charge in [-0.3, -0.25) is 4.99 Å². The molecule has 1 saturated heterocycles. The summed E-state index contributed by atoms with van der Waals surface area (Å²) in [5.41, 5.74) is 0.913. The molecule has 0 aliphatic carbocycles. The second kappa shape index (κ2) is 7.98. The Morgan fingerprint density at radius 3 is 2.95 bits per heavy atom. The summed E-state index contributed by atoms with van der Waals surface area (Å²) in [7, 11) is 1.76. The molecule has 1 unspecified atom stereocenters. The van der Waals surface area contributed by atoms with Crippen LogP contribution in [0, 0.1) is 11.7 Å². The zero-order valence-electron chi connectivity index (χ0n) is 12.9. The molecular weight excluding hydrogens is 267 g/mol. The van der Waals surface area contributed by atoms with Crippen molar-refractivity contribution in [3.63, 3.8) is 0 Å². The predicted molar refractivity (Wildman–Crippen MR) is 84.8 cm³/mol. The summed E-state index contributed by atoms with van der Waals surface area (Å²) < 4.78 is 13.1. The number of rotatable bonds is 5. The van der Waals surface area contributed by atoms with Crippen LogP contribution in [0.4, 0.5) is 4.39 Å². The molecule has 116 valence electrons. The number of guanidine groups is 1. The third-order valence-electron chi connectivity index (χ3n) is 3.95. The fourth-order valence-corrected chi connectivity index (χ4v) is 2.66. The minimum atomic E-state index is -0.206. The van der Waals surface area contributed by atoms with Gasteiger partial charge < -0.3 is 15.5 Å². The van der Waals surface area contributed by atoms with Crippen LogP contribution in [0.25, 0.3) is 0 Å². The number of hydrogen-bond donors (Lipinski definition) is 2. The van der Waals surface area contributed by atoms with Gasteiger partial charge in [-0.05, 0) is 43.1 Å². The summed E-state index contributed by atoms with van der Waals surface area (Å²) in [5.74, 6) is 1.25. The average molecular weight is 292 g/mol. The molecule has 21 heavy (non-hydrogen) atoms. The van der Waals surface area contributed by atoms with E-state index in [1.165, 1.54) is 25.1 Å². The Morgan fingerprint density at radius 1 is 1.43 bits per heavy atom. The quantitative estimate of drug-likeness (QED) is 0.642. The minimum absolute atomic E-state index is 0.206. The third kappa shape index (κ3) is 5.01. The van der Waals surface area contributed by atoms with Crippen molar-refractivity contribution in [3.8, 4) is 0 Å². The molecule has 1 heterocycles. The zero-order chi connectivity index (χ0) is 15.1. The maximum absolute atomic E-state index is 13.1. The van der Waals surface area contributed by atoms with Gasteiger partial charge in [0.25, 0.3) is 0 Å². The van der Waals surface area contributed by atoms with Crippen molar-refractivity contribution in [2.24, 2.45) is 10.9 Å². The maximum Gasteiger partial charge on any atom is 0.191 e. The number of halogens is 1. The fraction of sp³-hybridized carbons (Fsp3) is 0.562. The Balaban J connectivity index is 1.74. The van der Waals surface area contributed by atoms with Gasteiger partial charge in [-0.1, -0.05) is 19.1 Å². The van der Waals surface area contributed by atoms with Crippen LogP contribution in [0.1, 0.15) is 18.9 Å². The average Bonchev–Trinajstić information content (AvgIpc) is 2.95. The van der Waals surface area contributed by atoms with E-state index in [4.69, 9.17) is 0 Å². The molecule has 1 aromatic carbocycles. The summed E-state index contributed by atoms with van der Waals surface area (Å²) in [6, 6.07) is 6.62. The standard InChI is InChI=1S/C16H25FN4/c1-3-21-8-7-14(12-21)11-20-16(18-2)19-10-13-5-4-6-15(17)9-13/h4-6,9,14H,3,7-8,10-12H2,1-2H3,(H2,18,19,20). The summed E-state index contributed by atoms with van der Waals surface area (Å²) in [6.45, 7) is 7.18. The van der Waals surface area contributed by atoms with E-state index in [-0.39, 0.29) is 5.82 Å². The molecule has 0 radical (unpaired) electrons. The van der Waals surface area contributed by atoms with E-state index in [9.17, 15) is 4.39 Å². The number of likely N-dealkylation sites (tertiary alicyclic amines) is 1. The zero-order valence-corrected chi connectivity index (χ0v) is 12.9. The molecule has 0 aromatic heterocycles. The summed E-state index contributed by atoms with van der Waals surface area (Å²) in [4.78, 5) is 6.68. The van der Waals surface area contributed by atoms with E-state index in [0.29, 0.717) is 12.5 Å². The molecule has 1 atom stereocenters. The second-order valence-corrected chi connectivity index (χ2v) is 5.48. The molecule has 2 rings (SSSR count). The van der Waals surface area contributed by atoms with Crippen LogP contribution in [0.2, 0.25) is 0 Å². The lowest BCUT2D eigenvalue weighted by molar-refractivity contribution is 0.342. The van der Waals surface area contributed by atoms with Gasteiger partial charge in [0, 0.05) is 26.7 Å². The van der Waals surface area contributed by atoms with E-state index in [1.807, 2.05) is 6.07 Å². The van der Waals surface area contributed by atoms with Gasteiger partial charge in [0.15, 0.2) is 5.96 Å². The van der Waals surface area contributed by atoms with Crippen molar-refractivity contribution in [2.75, 3.05) is 33.2 Å². The molecule has 0 amide bonds. The maximum atomic E-state index is 13.1. The largest absolute Gasteiger partial charge is 0.356 e. The minimum Gasteiger partial charge on any atom is -0.356 e. The topological polar surface area (TPSA) is 39.7 Å². The van der Waals surface area contributed by atoms with Crippen molar-refractivity contribution in [2.45, 2.75) is 19.9 Å². The molecule has 1 aliphatic heterocycles. The van der Waals surface area contributed by atoms with Gasteiger partial charge in [-0.2, -0.15) is 0 Å². The SMILES string of the molecule is CCN1CCC(CNC(=NC)NCc2cccc(F)c2)C1. The molecule has 0 saturated carbocycles. The van der Waals surface area contributed by atoms with Gasteiger partial charge in [0.2, 0.25) is 0 Å². The fourth-order valence-electron chi connectivity index (χ4n) is 2.66. The van der Waals surface area contributed by atoms with Gasteiger partial charge in [0.05, 0.1) is 0 Å². The normalized spacial score (nSPS) is 19.8. The first-order chi connectivity index (χ1) is 10.2. The number of aliphatic imine (C=N–C) groups is 1. The van der Waals surface area contributed by atoms with Crippen LogP contribution in [-0.4, -0.2) is 44.1 Å². The Kier molecular flexibility index (Phi) is 5.99. The van der Waals surface area contributed by atoms with Gasteiger partial charge in [-0.25, -0.2) is 4.39 Å². The molecule has 5 heteroatoms. The van der Waals surface area contributed by atoms with Crippen LogP contribution in [0.5, 0.6) is 0 Å². The molecule has 1 aliphatic rings. The summed E-state index contributed by atoms with van der Waals surface area (Å²) in [5, 5.41) is 6.58. The Hall–Kier alpha value is -1.62. The smallest absolute Gasteiger partial charge is 0.191 e. The Labute approximate surface area is 126 Å². The number of benzene rings is 1. The van der Waals surface area contributed by atoms with Crippen LogP contribution < -0.4 is 10.6 Å². The molecule has 0 bridgehead atoms. The van der Waals surface area contributed by atoms with Crippen molar-refractivity contribution in [3.05, 3.63) is 35.6 Å². The van der Waals surface area contributed by atoms with E-state index < -0.39 is 0 Å². The lowest BCUT2D eigenvalue weighted by Crippen LogP contribution is -2.39. The lowest BCUT2D eigenvalue weighted by atomic mass is 10.1. The van der Waals surface area contributed by atoms with Crippen molar-refractivity contribution in [1.82, 2.24) is 15.5 Å². The molecular formula is C16H25FN4. The van der Waals surface area contributed by atoms with Crippen molar-refractivity contribution < 1.29 is 4.39 Å². The number of hydrogen-bond acceptors (Lipinski definition) is 2. The first kappa shape index (κ1) is 15.8. The lowest BCUT2D eigenvalue weighted by Gasteiger charge is -2.16. The first-order valence-electron chi connectivity index (χ1n) is 7.62. The Bertz CT molecular complexity index is 475. The van der Waals surface area contributed by atoms with Crippen molar-refractivity contribution >= 4 is 5.96 Å². The highest BCUT2D eigenvalue weighted by molar-refractivity contribution is 5.79. The molecule has 4 nitrogen and oxygen atoms in total. The first-order valence-corrected chi connectivity index (χ1v) is 7.62. The summed E-state index contributed by atoms with van der Waals surface area (Å²) in [6.07, 6.45) is 1.24. The van der Waals surface area contributed by atoms with E-state index >= 15 is 0 Å². The van der Waals surface area contributed by atoms with E-state index in [2.05, 4.69) is 27.4 Å². The highest BCUT2D eigenvalue weighted by Crippen LogP contribution is 2.14. The van der Waals surface area contributed by atoms with Crippen LogP contribution in [-0.2, 0) is 6.54 Å². The molecule has 1 fully saturated rings. The second-order valence-electron chi connectivity index (χ2n) is 5.48.